The fraction of sp³-hybridized carbons (Fsp3) is 0.250. The third-order valence-corrected chi connectivity index (χ3v) is 2.61. The lowest BCUT2D eigenvalue weighted by molar-refractivity contribution is -0.387. The van der Waals surface area contributed by atoms with Gasteiger partial charge in [0.25, 0.3) is 0 Å². The van der Waals surface area contributed by atoms with E-state index in [2.05, 4.69) is 10.5 Å². The first kappa shape index (κ1) is 14.1. The van der Waals surface area contributed by atoms with Crippen LogP contribution in [0.25, 0.3) is 0 Å². The molecule has 0 amide bonds. The van der Waals surface area contributed by atoms with E-state index >= 15 is 0 Å². The molecule has 1 aromatic carbocycles. The average molecular weight is 283 g/mol. The van der Waals surface area contributed by atoms with Crippen LogP contribution in [0, 0.1) is 28.7 Å². The van der Waals surface area contributed by atoms with Crippen LogP contribution in [0.15, 0.2) is 22.7 Å². The van der Waals surface area contributed by atoms with Gasteiger partial charge in [-0.3, -0.25) is 10.1 Å². The van der Waals surface area contributed by atoms with Crippen LogP contribution in [0.5, 0.6) is 0 Å². The minimum atomic E-state index is -1.19. The molecule has 2 rings (SSSR count). The van der Waals surface area contributed by atoms with Gasteiger partial charge in [0.1, 0.15) is 11.6 Å². The number of benzene rings is 1. The summed E-state index contributed by atoms with van der Waals surface area (Å²) < 4.78 is 31.5. The van der Waals surface area contributed by atoms with Gasteiger partial charge >= 0.3 is 5.69 Å². The number of aryl methyl sites for hydroxylation is 1. The lowest BCUT2D eigenvalue weighted by Gasteiger charge is -2.05. The highest BCUT2D eigenvalue weighted by molar-refractivity contribution is 5.37. The van der Waals surface area contributed by atoms with E-state index in [1.807, 2.05) is 0 Å². The number of hydrogen-bond acceptors (Lipinski definition) is 5. The Bertz CT molecular complexity index is 643. The van der Waals surface area contributed by atoms with Crippen LogP contribution in [-0.4, -0.2) is 10.1 Å². The van der Waals surface area contributed by atoms with Crippen molar-refractivity contribution in [2.24, 2.45) is 0 Å². The van der Waals surface area contributed by atoms with Crippen molar-refractivity contribution in [3.8, 4) is 0 Å². The van der Waals surface area contributed by atoms with Gasteiger partial charge in [-0.2, -0.15) is 4.39 Å². The molecule has 1 heterocycles. The van der Waals surface area contributed by atoms with Crippen LogP contribution >= 0.6 is 0 Å². The zero-order valence-electron chi connectivity index (χ0n) is 10.5. The normalized spacial score (nSPS) is 10.8. The van der Waals surface area contributed by atoms with Gasteiger partial charge < -0.3 is 9.84 Å². The van der Waals surface area contributed by atoms with E-state index < -0.39 is 22.2 Å². The predicted octanol–water partition coefficient (Wildman–Crippen LogP) is 2.46. The molecule has 0 aliphatic rings. The zero-order chi connectivity index (χ0) is 14.7. The van der Waals surface area contributed by atoms with Crippen molar-refractivity contribution in [3.05, 3.63) is 57.0 Å². The van der Waals surface area contributed by atoms with Crippen LogP contribution in [-0.2, 0) is 13.1 Å². The third-order valence-electron chi connectivity index (χ3n) is 2.61. The summed E-state index contributed by atoms with van der Waals surface area (Å²) in [4.78, 5) is 9.69. The van der Waals surface area contributed by atoms with E-state index in [4.69, 9.17) is 4.52 Å². The van der Waals surface area contributed by atoms with Gasteiger partial charge in [-0.25, -0.2) is 4.39 Å². The number of nitro benzene ring substituents is 1. The Labute approximate surface area is 112 Å². The molecule has 0 spiro atoms. The van der Waals surface area contributed by atoms with Crippen LogP contribution in [0.2, 0.25) is 0 Å². The van der Waals surface area contributed by atoms with E-state index in [9.17, 15) is 18.9 Å². The predicted molar refractivity (Wildman–Crippen MR) is 64.8 cm³/mol. The second kappa shape index (κ2) is 5.74. The smallest absolute Gasteiger partial charge is 0.305 e. The molecule has 0 bridgehead atoms. The number of rotatable bonds is 5. The first-order valence-electron chi connectivity index (χ1n) is 5.72. The van der Waals surface area contributed by atoms with Crippen LogP contribution in [0.4, 0.5) is 14.5 Å². The summed E-state index contributed by atoms with van der Waals surface area (Å²) in [5.41, 5.74) is -0.113. The molecule has 2 aromatic rings. The summed E-state index contributed by atoms with van der Waals surface area (Å²) >= 11 is 0. The maximum atomic E-state index is 13.5. The summed E-state index contributed by atoms with van der Waals surface area (Å²) in [6.45, 7) is 2.06. The fourth-order valence-corrected chi connectivity index (χ4v) is 1.68. The molecule has 0 fully saturated rings. The van der Waals surface area contributed by atoms with Crippen LogP contribution < -0.4 is 5.32 Å². The number of nitrogens with one attached hydrogen (secondary N) is 1. The third kappa shape index (κ3) is 3.15. The van der Waals surface area contributed by atoms with E-state index in [0.717, 1.165) is 6.07 Å². The van der Waals surface area contributed by atoms with Gasteiger partial charge in [-0.1, -0.05) is 5.16 Å². The topological polar surface area (TPSA) is 81.2 Å². The Morgan fingerprint density at radius 1 is 1.30 bits per heavy atom. The molecule has 0 saturated carbocycles. The average Bonchev–Trinajstić information content (AvgIpc) is 2.77. The molecule has 0 atom stereocenters. The second-order valence-electron chi connectivity index (χ2n) is 4.18. The molecule has 1 N–H and O–H groups in total. The summed E-state index contributed by atoms with van der Waals surface area (Å²) in [6.07, 6.45) is 0. The van der Waals surface area contributed by atoms with Gasteiger partial charge in [0.15, 0.2) is 0 Å². The van der Waals surface area contributed by atoms with E-state index in [1.54, 1.807) is 13.0 Å². The van der Waals surface area contributed by atoms with Crippen LogP contribution in [0.3, 0.4) is 0 Å². The quantitative estimate of drug-likeness (QED) is 0.673. The summed E-state index contributed by atoms with van der Waals surface area (Å²) in [6, 6.07) is 3.09. The number of nitrogens with zero attached hydrogens (tertiary/aromatic N) is 2. The van der Waals surface area contributed by atoms with Crippen molar-refractivity contribution < 1.29 is 18.2 Å². The molecule has 20 heavy (non-hydrogen) atoms. The highest BCUT2D eigenvalue weighted by atomic mass is 19.1. The molecule has 1 aromatic heterocycles. The summed E-state index contributed by atoms with van der Waals surface area (Å²) in [7, 11) is 0. The van der Waals surface area contributed by atoms with Crippen LogP contribution in [0.1, 0.15) is 17.0 Å². The number of aromatic nitrogens is 1. The van der Waals surface area contributed by atoms with Crippen molar-refractivity contribution in [1.82, 2.24) is 10.5 Å². The number of hydrogen-bond donors (Lipinski definition) is 1. The van der Waals surface area contributed by atoms with E-state index in [-0.39, 0.29) is 12.1 Å². The zero-order valence-corrected chi connectivity index (χ0v) is 10.5. The molecule has 106 valence electrons. The standard InChI is InChI=1S/C12H11F2N3O3/c1-7-2-9(16-20-7)6-15-5-8-3-12(17(18)19)11(14)4-10(8)13/h2-4,15H,5-6H2,1H3. The van der Waals surface area contributed by atoms with Gasteiger partial charge in [0, 0.05) is 36.9 Å². The van der Waals surface area contributed by atoms with Gasteiger partial charge in [0.05, 0.1) is 10.6 Å². The molecule has 0 aliphatic carbocycles. The SMILES string of the molecule is Cc1cc(CNCc2cc([N+](=O)[O-])c(F)cc2F)no1. The second-order valence-corrected chi connectivity index (χ2v) is 4.18. The lowest BCUT2D eigenvalue weighted by atomic mass is 10.1. The first-order valence-corrected chi connectivity index (χ1v) is 5.72. The maximum absolute atomic E-state index is 13.5. The van der Waals surface area contributed by atoms with Crippen molar-refractivity contribution in [2.45, 2.75) is 20.0 Å². The minimum Gasteiger partial charge on any atom is -0.361 e. The summed E-state index contributed by atoms with van der Waals surface area (Å²) in [5.74, 6) is -1.38. The maximum Gasteiger partial charge on any atom is 0.305 e. The van der Waals surface area contributed by atoms with Crippen molar-refractivity contribution in [3.63, 3.8) is 0 Å². The highest BCUT2D eigenvalue weighted by Crippen LogP contribution is 2.21. The van der Waals surface area contributed by atoms with E-state index in [0.29, 0.717) is 24.1 Å². The van der Waals surface area contributed by atoms with Gasteiger partial charge in [0.2, 0.25) is 5.82 Å². The van der Waals surface area contributed by atoms with Crippen molar-refractivity contribution >= 4 is 5.69 Å². The molecule has 0 saturated heterocycles. The molecule has 8 heteroatoms. The Morgan fingerprint density at radius 3 is 2.65 bits per heavy atom. The first-order chi connectivity index (χ1) is 9.47. The van der Waals surface area contributed by atoms with Crippen molar-refractivity contribution in [1.29, 1.82) is 0 Å². The van der Waals surface area contributed by atoms with Crippen molar-refractivity contribution in [2.75, 3.05) is 0 Å². The number of nitro groups is 1. The number of halogens is 2. The molecule has 6 nitrogen and oxygen atoms in total. The molecule has 0 radical (unpaired) electrons. The molecular weight excluding hydrogens is 272 g/mol. The van der Waals surface area contributed by atoms with Gasteiger partial charge in [-0.15, -0.1) is 0 Å². The Kier molecular flexibility index (Phi) is 4.04. The molecule has 0 unspecified atom stereocenters. The minimum absolute atomic E-state index is 0.0123. The lowest BCUT2D eigenvalue weighted by Crippen LogP contribution is -2.14. The van der Waals surface area contributed by atoms with E-state index in [1.165, 1.54) is 0 Å². The van der Waals surface area contributed by atoms with Gasteiger partial charge in [-0.05, 0) is 6.92 Å². The Balaban J connectivity index is 2.05. The highest BCUT2D eigenvalue weighted by Gasteiger charge is 2.18. The monoisotopic (exact) mass is 283 g/mol. The molecular formula is C12H11F2N3O3. The summed E-state index contributed by atoms with van der Waals surface area (Å²) in [5, 5.41) is 17.2. The Hall–Kier alpha value is -2.35. The largest absolute Gasteiger partial charge is 0.361 e. The fourth-order valence-electron chi connectivity index (χ4n) is 1.68. The molecule has 0 aliphatic heterocycles. The Morgan fingerprint density at radius 2 is 2.05 bits per heavy atom.